The first-order valence-corrected chi connectivity index (χ1v) is 7.81. The summed E-state index contributed by atoms with van der Waals surface area (Å²) in [6.45, 7) is 2.55. The van der Waals surface area contributed by atoms with E-state index in [4.69, 9.17) is 11.6 Å². The maximum atomic E-state index is 14.1. The first kappa shape index (κ1) is 16.4. The van der Waals surface area contributed by atoms with Crippen LogP contribution < -0.4 is 5.32 Å². The van der Waals surface area contributed by atoms with E-state index in [1.54, 1.807) is 24.3 Å². The molecule has 0 spiro atoms. The summed E-state index contributed by atoms with van der Waals surface area (Å²) in [6, 6.07) is 9.06. The first-order valence-electron chi connectivity index (χ1n) is 6.64. The zero-order chi connectivity index (χ0) is 15.4. The quantitative estimate of drug-likeness (QED) is 0.751. The molecule has 1 nitrogen and oxygen atoms in total. The van der Waals surface area contributed by atoms with Crippen LogP contribution in [0.1, 0.15) is 24.1 Å². The second-order valence-electron chi connectivity index (χ2n) is 4.69. The van der Waals surface area contributed by atoms with Crippen LogP contribution in [-0.2, 0) is 6.42 Å². The highest BCUT2D eigenvalue weighted by molar-refractivity contribution is 9.10. The van der Waals surface area contributed by atoms with Crippen LogP contribution in [0.25, 0.3) is 0 Å². The van der Waals surface area contributed by atoms with E-state index in [0.717, 1.165) is 0 Å². The molecule has 2 aromatic carbocycles. The second-order valence-corrected chi connectivity index (χ2v) is 6.01. The van der Waals surface area contributed by atoms with E-state index in [1.165, 1.54) is 12.1 Å². The van der Waals surface area contributed by atoms with Crippen LogP contribution in [0.2, 0.25) is 5.02 Å². The van der Waals surface area contributed by atoms with Gasteiger partial charge in [0.25, 0.3) is 0 Å². The summed E-state index contributed by atoms with van der Waals surface area (Å²) in [6.07, 6.45) is 0.327. The topological polar surface area (TPSA) is 12.0 Å². The molecule has 2 aromatic rings. The van der Waals surface area contributed by atoms with Crippen molar-refractivity contribution in [1.82, 2.24) is 5.32 Å². The minimum atomic E-state index is -0.383. The van der Waals surface area contributed by atoms with Gasteiger partial charge < -0.3 is 5.32 Å². The summed E-state index contributed by atoms with van der Waals surface area (Å²) in [7, 11) is 0. The van der Waals surface area contributed by atoms with Gasteiger partial charge in [-0.3, -0.25) is 0 Å². The monoisotopic (exact) mass is 373 g/mol. The third kappa shape index (κ3) is 4.02. The van der Waals surface area contributed by atoms with Gasteiger partial charge in [-0.05, 0) is 42.8 Å². The second kappa shape index (κ2) is 7.34. The largest absolute Gasteiger partial charge is 0.310 e. The van der Waals surface area contributed by atoms with Gasteiger partial charge in [-0.25, -0.2) is 8.78 Å². The normalized spacial score (nSPS) is 12.4. The molecule has 21 heavy (non-hydrogen) atoms. The molecule has 0 radical (unpaired) electrons. The Balaban J connectivity index is 2.35. The molecule has 2 rings (SSSR count). The molecule has 0 heterocycles. The molecule has 0 aliphatic carbocycles. The van der Waals surface area contributed by atoms with Gasteiger partial charge in [-0.15, -0.1) is 0 Å². The Hall–Kier alpha value is -0.970. The molecule has 0 bridgehead atoms. The fourth-order valence-electron chi connectivity index (χ4n) is 2.27. The molecule has 0 saturated heterocycles. The third-order valence-corrected chi connectivity index (χ3v) is 4.06. The van der Waals surface area contributed by atoms with E-state index < -0.39 is 0 Å². The number of benzene rings is 2. The maximum absolute atomic E-state index is 14.1. The Labute approximate surface area is 136 Å². The number of rotatable bonds is 5. The lowest BCUT2D eigenvalue weighted by Crippen LogP contribution is -2.24. The molecule has 5 heteroatoms. The highest BCUT2D eigenvalue weighted by Crippen LogP contribution is 2.29. The Morgan fingerprint density at radius 2 is 1.95 bits per heavy atom. The average molecular weight is 375 g/mol. The van der Waals surface area contributed by atoms with Crippen LogP contribution in [0.15, 0.2) is 40.9 Å². The molecule has 1 unspecified atom stereocenters. The van der Waals surface area contributed by atoms with Crippen molar-refractivity contribution in [1.29, 1.82) is 0 Å². The molecule has 0 fully saturated rings. The SMILES string of the molecule is CCNC(Cc1ccc(Br)cc1F)c1c(F)cccc1Cl. The fraction of sp³-hybridized carbons (Fsp3) is 0.250. The Kier molecular flexibility index (Phi) is 5.73. The minimum absolute atomic E-state index is 0.320. The Morgan fingerprint density at radius 3 is 2.57 bits per heavy atom. The zero-order valence-corrected chi connectivity index (χ0v) is 13.8. The maximum Gasteiger partial charge on any atom is 0.129 e. The number of halogens is 4. The summed E-state index contributed by atoms with van der Waals surface area (Å²) < 4.78 is 28.7. The van der Waals surface area contributed by atoms with E-state index >= 15 is 0 Å². The van der Waals surface area contributed by atoms with Gasteiger partial charge in [0.05, 0.1) is 0 Å². The van der Waals surface area contributed by atoms with Crippen LogP contribution in [0.4, 0.5) is 8.78 Å². The van der Waals surface area contributed by atoms with E-state index in [1.807, 2.05) is 6.92 Å². The Bertz CT molecular complexity index is 613. The van der Waals surface area contributed by atoms with E-state index in [0.29, 0.717) is 33.6 Å². The lowest BCUT2D eigenvalue weighted by Gasteiger charge is -2.20. The van der Waals surface area contributed by atoms with Gasteiger partial charge in [0.1, 0.15) is 11.6 Å². The van der Waals surface area contributed by atoms with Crippen LogP contribution >= 0.6 is 27.5 Å². The summed E-state index contributed by atoms with van der Waals surface area (Å²) in [5.41, 5.74) is 0.895. The van der Waals surface area contributed by atoms with Crippen molar-refractivity contribution >= 4 is 27.5 Å². The molecule has 0 aliphatic heterocycles. The van der Waals surface area contributed by atoms with Crippen LogP contribution in [-0.4, -0.2) is 6.54 Å². The van der Waals surface area contributed by atoms with Crippen LogP contribution in [0.5, 0.6) is 0 Å². The van der Waals surface area contributed by atoms with Crippen molar-refractivity contribution in [3.05, 3.63) is 68.7 Å². The molecule has 1 N–H and O–H groups in total. The highest BCUT2D eigenvalue weighted by Gasteiger charge is 2.20. The van der Waals surface area contributed by atoms with Gasteiger partial charge in [-0.2, -0.15) is 0 Å². The molecular formula is C16H15BrClF2N. The van der Waals surface area contributed by atoms with Gasteiger partial charge in [0.15, 0.2) is 0 Å². The third-order valence-electron chi connectivity index (χ3n) is 3.24. The lowest BCUT2D eigenvalue weighted by atomic mass is 9.98. The van der Waals surface area contributed by atoms with Gasteiger partial charge in [-0.1, -0.05) is 46.6 Å². The minimum Gasteiger partial charge on any atom is -0.310 e. The smallest absolute Gasteiger partial charge is 0.129 e. The van der Waals surface area contributed by atoms with Crippen LogP contribution in [0.3, 0.4) is 0 Å². The van der Waals surface area contributed by atoms with Crippen molar-refractivity contribution in [2.24, 2.45) is 0 Å². The van der Waals surface area contributed by atoms with E-state index in [-0.39, 0.29) is 17.7 Å². The van der Waals surface area contributed by atoms with Gasteiger partial charge >= 0.3 is 0 Å². The standard InChI is InChI=1S/C16H15BrClF2N/c1-2-21-15(16-12(18)4-3-5-13(16)19)8-10-6-7-11(17)9-14(10)20/h3-7,9,15,21H,2,8H2,1H3. The van der Waals surface area contributed by atoms with E-state index in [2.05, 4.69) is 21.2 Å². The van der Waals surface area contributed by atoms with Crippen LogP contribution in [0, 0.1) is 11.6 Å². The first-order chi connectivity index (χ1) is 10.0. The average Bonchev–Trinajstić information content (AvgIpc) is 2.41. The molecule has 0 amide bonds. The molecule has 0 aliphatic rings. The molecule has 112 valence electrons. The fourth-order valence-corrected chi connectivity index (χ4v) is 2.90. The summed E-state index contributed by atoms with van der Waals surface area (Å²) in [5, 5.41) is 3.51. The zero-order valence-electron chi connectivity index (χ0n) is 11.5. The predicted molar refractivity (Wildman–Crippen MR) is 85.6 cm³/mol. The molecule has 0 saturated carbocycles. The van der Waals surface area contributed by atoms with Crippen molar-refractivity contribution in [2.75, 3.05) is 6.54 Å². The van der Waals surface area contributed by atoms with Gasteiger partial charge in [0, 0.05) is 21.1 Å². The number of nitrogens with one attached hydrogen (secondary N) is 1. The number of hydrogen-bond donors (Lipinski definition) is 1. The summed E-state index contributed by atoms with van der Waals surface area (Å²) >= 11 is 9.33. The van der Waals surface area contributed by atoms with Crippen molar-refractivity contribution in [3.63, 3.8) is 0 Å². The summed E-state index contributed by atoms with van der Waals surface area (Å²) in [4.78, 5) is 0. The predicted octanol–water partition coefficient (Wildman–Crippen LogP) is 5.27. The number of likely N-dealkylation sites (N-methyl/N-ethyl adjacent to an activating group) is 1. The number of hydrogen-bond acceptors (Lipinski definition) is 1. The molecular weight excluding hydrogens is 360 g/mol. The Morgan fingerprint density at radius 1 is 1.19 bits per heavy atom. The molecule has 1 atom stereocenters. The lowest BCUT2D eigenvalue weighted by molar-refractivity contribution is 0.498. The van der Waals surface area contributed by atoms with Crippen molar-refractivity contribution in [3.8, 4) is 0 Å². The summed E-state index contributed by atoms with van der Waals surface area (Å²) in [5.74, 6) is -0.703. The molecule has 0 aromatic heterocycles. The van der Waals surface area contributed by atoms with Crippen molar-refractivity contribution in [2.45, 2.75) is 19.4 Å². The van der Waals surface area contributed by atoms with Gasteiger partial charge in [0.2, 0.25) is 0 Å². The van der Waals surface area contributed by atoms with Crippen molar-refractivity contribution < 1.29 is 8.78 Å². The highest BCUT2D eigenvalue weighted by atomic mass is 79.9. The van der Waals surface area contributed by atoms with E-state index in [9.17, 15) is 8.78 Å².